The predicted molar refractivity (Wildman–Crippen MR) is 127 cm³/mol. The molecule has 1 atom stereocenters. The van der Waals surface area contributed by atoms with Gasteiger partial charge in [0.25, 0.3) is 0 Å². The van der Waals surface area contributed by atoms with Gasteiger partial charge >= 0.3 is 11.9 Å². The zero-order valence-electron chi connectivity index (χ0n) is 20.1. The first-order chi connectivity index (χ1) is 16.7. The number of likely N-dealkylation sites (tertiary alicyclic amines) is 1. The van der Waals surface area contributed by atoms with E-state index in [0.29, 0.717) is 11.5 Å². The Morgan fingerprint density at radius 3 is 1.97 bits per heavy atom. The molecule has 0 unspecified atom stereocenters. The maximum absolute atomic E-state index is 12.7. The lowest BCUT2D eigenvalue weighted by Crippen LogP contribution is -2.40. The van der Waals surface area contributed by atoms with Crippen molar-refractivity contribution in [3.05, 3.63) is 53.6 Å². The summed E-state index contributed by atoms with van der Waals surface area (Å²) in [6.45, 7) is 4.45. The van der Waals surface area contributed by atoms with Crippen molar-refractivity contribution in [3.8, 4) is 17.2 Å². The number of phenols is 1. The first-order valence-corrected chi connectivity index (χ1v) is 11.1. The molecule has 1 saturated heterocycles. The van der Waals surface area contributed by atoms with Gasteiger partial charge in [-0.2, -0.15) is 0 Å². The number of nitrogens with one attached hydrogen (secondary N) is 1. The summed E-state index contributed by atoms with van der Waals surface area (Å²) in [5.41, 5.74) is 2.13. The van der Waals surface area contributed by atoms with E-state index < -0.39 is 11.9 Å². The second-order valence-electron chi connectivity index (χ2n) is 8.15. The maximum atomic E-state index is 12.7. The molecule has 0 spiro atoms. The van der Waals surface area contributed by atoms with Crippen molar-refractivity contribution in [1.29, 1.82) is 0 Å². The molecule has 0 saturated carbocycles. The molecule has 0 bridgehead atoms. The number of nitrogens with zero attached hydrogens (tertiary/aromatic N) is 1. The molecular weight excluding hydrogens is 456 g/mol. The molecule has 2 aromatic rings. The van der Waals surface area contributed by atoms with Crippen molar-refractivity contribution in [3.63, 3.8) is 0 Å². The molecule has 4 N–H and O–H groups in total. The Kier molecular flexibility index (Phi) is 10.3. The maximum Gasteiger partial charge on any atom is 0.414 e. The van der Waals surface area contributed by atoms with Crippen LogP contribution in [0.15, 0.2) is 42.5 Å². The Morgan fingerprint density at radius 2 is 1.51 bits per heavy atom. The first-order valence-electron chi connectivity index (χ1n) is 11.1. The van der Waals surface area contributed by atoms with E-state index >= 15 is 0 Å². The van der Waals surface area contributed by atoms with Crippen LogP contribution in [0.25, 0.3) is 0 Å². The number of carbonyl (C=O) groups excluding carboxylic acids is 1. The summed E-state index contributed by atoms with van der Waals surface area (Å²) in [6, 6.07) is 13.7. The van der Waals surface area contributed by atoms with Gasteiger partial charge in [-0.1, -0.05) is 30.3 Å². The number of phenolic OH excluding ortho intramolecular Hbond substituents is 1. The third-order valence-electron chi connectivity index (χ3n) is 5.75. The van der Waals surface area contributed by atoms with Crippen LogP contribution in [0, 0.1) is 5.92 Å². The quantitative estimate of drug-likeness (QED) is 0.432. The molecule has 1 aliphatic heterocycles. The molecule has 3 rings (SSSR count). The number of benzene rings is 2. The summed E-state index contributed by atoms with van der Waals surface area (Å²) < 4.78 is 10.5. The summed E-state index contributed by atoms with van der Waals surface area (Å²) in [7, 11) is 3.05. The zero-order chi connectivity index (χ0) is 26.0. The Hall–Kier alpha value is -3.79. The van der Waals surface area contributed by atoms with Crippen molar-refractivity contribution in [2.24, 2.45) is 5.92 Å². The topological polar surface area (TPSA) is 146 Å². The molecule has 1 amide bonds. The van der Waals surface area contributed by atoms with Crippen LogP contribution < -0.4 is 14.8 Å². The summed E-state index contributed by atoms with van der Waals surface area (Å²) in [6.07, 6.45) is 1.67. The minimum absolute atomic E-state index is 0.0126. The number of aliphatic carboxylic acids is 2. The number of aromatic hydroxyl groups is 1. The van der Waals surface area contributed by atoms with E-state index in [2.05, 4.69) is 10.2 Å². The second-order valence-corrected chi connectivity index (χ2v) is 8.15. The molecule has 0 aromatic heterocycles. The third kappa shape index (κ3) is 8.18. The van der Waals surface area contributed by atoms with E-state index in [1.807, 2.05) is 49.4 Å². The minimum atomic E-state index is -1.82. The SMILES string of the molecule is COc1cc(CN2CCC(C(=O)N[C@H](C)c3ccccc3)CC2)cc(OC)c1O.O=C(O)C(=O)O. The van der Waals surface area contributed by atoms with Gasteiger partial charge in [0.1, 0.15) is 0 Å². The van der Waals surface area contributed by atoms with Gasteiger partial charge in [-0.15, -0.1) is 0 Å². The number of methoxy groups -OCH3 is 2. The summed E-state index contributed by atoms with van der Waals surface area (Å²) >= 11 is 0. The number of carboxylic acids is 2. The summed E-state index contributed by atoms with van der Waals surface area (Å²) in [4.78, 5) is 33.2. The van der Waals surface area contributed by atoms with E-state index in [0.717, 1.165) is 43.6 Å². The minimum Gasteiger partial charge on any atom is -0.502 e. The van der Waals surface area contributed by atoms with Gasteiger partial charge in [-0.05, 0) is 56.1 Å². The van der Waals surface area contributed by atoms with Crippen molar-refractivity contribution in [2.45, 2.75) is 32.4 Å². The molecule has 1 aliphatic rings. The normalized spacial score (nSPS) is 14.7. The third-order valence-corrected chi connectivity index (χ3v) is 5.75. The van der Waals surface area contributed by atoms with Gasteiger partial charge in [-0.3, -0.25) is 9.69 Å². The van der Waals surface area contributed by atoms with Crippen LogP contribution in [0.4, 0.5) is 0 Å². The van der Waals surface area contributed by atoms with Crippen LogP contribution in [-0.4, -0.2) is 65.4 Å². The molecule has 0 aliphatic carbocycles. The number of piperidine rings is 1. The monoisotopic (exact) mass is 488 g/mol. The highest BCUT2D eigenvalue weighted by atomic mass is 16.5. The molecular formula is C25H32N2O8. The predicted octanol–water partition coefficient (Wildman–Crippen LogP) is 2.65. The molecule has 10 heteroatoms. The summed E-state index contributed by atoms with van der Waals surface area (Å²) in [5.74, 6) is -2.64. The van der Waals surface area contributed by atoms with Crippen molar-refractivity contribution < 1.29 is 39.2 Å². The molecule has 2 aromatic carbocycles. The highest BCUT2D eigenvalue weighted by Crippen LogP contribution is 2.37. The highest BCUT2D eigenvalue weighted by Gasteiger charge is 2.26. The van der Waals surface area contributed by atoms with Gasteiger partial charge in [0.15, 0.2) is 11.5 Å². The van der Waals surface area contributed by atoms with Gasteiger partial charge in [-0.25, -0.2) is 9.59 Å². The Bertz CT molecular complexity index is 967. The van der Waals surface area contributed by atoms with E-state index in [4.69, 9.17) is 29.3 Å². The van der Waals surface area contributed by atoms with Crippen LogP contribution in [-0.2, 0) is 20.9 Å². The number of hydrogen-bond acceptors (Lipinski definition) is 7. The first kappa shape index (κ1) is 27.5. The largest absolute Gasteiger partial charge is 0.502 e. The van der Waals surface area contributed by atoms with Gasteiger partial charge in [0, 0.05) is 12.5 Å². The van der Waals surface area contributed by atoms with Crippen molar-refractivity contribution >= 4 is 17.8 Å². The number of amides is 1. The van der Waals surface area contributed by atoms with Gasteiger partial charge in [0.05, 0.1) is 20.3 Å². The van der Waals surface area contributed by atoms with E-state index in [1.54, 1.807) is 0 Å². The van der Waals surface area contributed by atoms with Crippen molar-refractivity contribution in [1.82, 2.24) is 10.2 Å². The number of carbonyl (C=O) groups is 3. The number of rotatable bonds is 7. The molecule has 190 valence electrons. The molecule has 10 nitrogen and oxygen atoms in total. The molecule has 1 fully saturated rings. The van der Waals surface area contributed by atoms with Crippen LogP contribution in [0.5, 0.6) is 17.2 Å². The smallest absolute Gasteiger partial charge is 0.414 e. The molecule has 35 heavy (non-hydrogen) atoms. The lowest BCUT2D eigenvalue weighted by Gasteiger charge is -2.32. The van der Waals surface area contributed by atoms with Crippen LogP contribution in [0.3, 0.4) is 0 Å². The summed E-state index contributed by atoms with van der Waals surface area (Å²) in [5, 5.41) is 28.0. The fourth-order valence-electron chi connectivity index (χ4n) is 3.81. The van der Waals surface area contributed by atoms with E-state index in [1.165, 1.54) is 14.2 Å². The van der Waals surface area contributed by atoms with E-state index in [-0.39, 0.29) is 23.6 Å². The fourth-order valence-corrected chi connectivity index (χ4v) is 3.81. The lowest BCUT2D eigenvalue weighted by atomic mass is 9.94. The molecule has 0 radical (unpaired) electrons. The average molecular weight is 489 g/mol. The van der Waals surface area contributed by atoms with E-state index in [9.17, 15) is 9.90 Å². The zero-order valence-corrected chi connectivity index (χ0v) is 20.1. The number of hydrogen-bond donors (Lipinski definition) is 4. The lowest BCUT2D eigenvalue weighted by molar-refractivity contribution is -0.159. The fraction of sp³-hybridized carbons (Fsp3) is 0.400. The highest BCUT2D eigenvalue weighted by molar-refractivity contribution is 6.27. The van der Waals surface area contributed by atoms with Crippen LogP contribution in [0.1, 0.15) is 36.9 Å². The van der Waals surface area contributed by atoms with Crippen LogP contribution >= 0.6 is 0 Å². The van der Waals surface area contributed by atoms with Gasteiger partial charge in [0.2, 0.25) is 11.7 Å². The average Bonchev–Trinajstić information content (AvgIpc) is 2.86. The number of carboxylic acid groups (broad SMARTS) is 2. The van der Waals surface area contributed by atoms with Gasteiger partial charge < -0.3 is 30.1 Å². The molecule has 1 heterocycles. The second kappa shape index (κ2) is 13.2. The van der Waals surface area contributed by atoms with Crippen LogP contribution in [0.2, 0.25) is 0 Å². The number of ether oxygens (including phenoxy) is 2. The van der Waals surface area contributed by atoms with Crippen molar-refractivity contribution in [2.75, 3.05) is 27.3 Å². The standard InChI is InChI=1S/C23H30N2O4.C2H2O4/c1-16(18-7-5-4-6-8-18)24-23(27)19-9-11-25(12-10-19)15-17-13-20(28-2)22(26)21(14-17)29-3;3-1(4)2(5)6/h4-8,13-14,16,19,26H,9-12,15H2,1-3H3,(H,24,27);(H,3,4)(H,5,6)/t16-;/m1./s1. The Labute approximate surface area is 204 Å². The Balaban J connectivity index is 0.000000641. The Morgan fingerprint density at radius 1 is 1.00 bits per heavy atom.